The summed E-state index contributed by atoms with van der Waals surface area (Å²) in [5, 5.41) is 4.68. The Morgan fingerprint density at radius 3 is 2.63 bits per heavy atom. The summed E-state index contributed by atoms with van der Waals surface area (Å²) in [6.07, 6.45) is 7.80. The predicted octanol–water partition coefficient (Wildman–Crippen LogP) is 4.01. The van der Waals surface area contributed by atoms with Gasteiger partial charge in [-0.05, 0) is 35.3 Å². The third kappa shape index (κ3) is 5.23. The highest BCUT2D eigenvalue weighted by Crippen LogP contribution is 2.37. The van der Waals surface area contributed by atoms with E-state index < -0.39 is 11.9 Å². The number of nitrogens with zero attached hydrogens (tertiary/aromatic N) is 6. The number of carbonyl (C=O) groups excluding carboxylic acids is 2. The van der Waals surface area contributed by atoms with Crippen LogP contribution in [0.1, 0.15) is 29.6 Å². The minimum atomic E-state index is -0.617. The zero-order valence-corrected chi connectivity index (χ0v) is 21.0. The van der Waals surface area contributed by atoms with Crippen molar-refractivity contribution in [1.82, 2.24) is 24.7 Å². The maximum absolute atomic E-state index is 13.5. The summed E-state index contributed by atoms with van der Waals surface area (Å²) in [5.74, 6) is -0.625. The van der Waals surface area contributed by atoms with Crippen LogP contribution in [-0.4, -0.2) is 63.5 Å². The Kier molecular flexibility index (Phi) is 7.51. The van der Waals surface area contributed by atoms with Crippen LogP contribution in [0.2, 0.25) is 0 Å². The van der Waals surface area contributed by atoms with Crippen LogP contribution in [0.5, 0.6) is 0 Å². The van der Waals surface area contributed by atoms with E-state index in [-0.39, 0.29) is 36.0 Å². The van der Waals surface area contributed by atoms with E-state index in [1.807, 2.05) is 19.3 Å². The number of halogens is 1. The molecule has 0 unspecified atom stereocenters. The normalized spacial score (nSPS) is 11.1. The van der Waals surface area contributed by atoms with E-state index in [0.29, 0.717) is 23.0 Å². The van der Waals surface area contributed by atoms with Gasteiger partial charge in [-0.1, -0.05) is 0 Å². The van der Waals surface area contributed by atoms with Gasteiger partial charge in [0.1, 0.15) is 16.0 Å². The lowest BCUT2D eigenvalue weighted by atomic mass is 10.1. The molecule has 182 valence electrons. The summed E-state index contributed by atoms with van der Waals surface area (Å²) in [7, 11) is 3.39. The Hall–Kier alpha value is -3.64. The van der Waals surface area contributed by atoms with Crippen LogP contribution in [0.4, 0.5) is 10.5 Å². The first-order valence-electron chi connectivity index (χ1n) is 10.8. The lowest BCUT2D eigenvalue weighted by Crippen LogP contribution is -2.34. The lowest BCUT2D eigenvalue weighted by Gasteiger charge is -2.21. The number of fused-ring (bicyclic) bond motifs is 1. The van der Waals surface area contributed by atoms with Gasteiger partial charge in [0.2, 0.25) is 17.3 Å². The van der Waals surface area contributed by atoms with Gasteiger partial charge in [0.05, 0.1) is 30.6 Å². The van der Waals surface area contributed by atoms with Crippen molar-refractivity contribution in [3.63, 3.8) is 0 Å². The molecule has 0 aliphatic rings. The molecule has 4 heterocycles. The number of anilines is 1. The standard InChI is InChI=1S/C23H23BrN6O5/c1-4-34-23(32)30(6-5-7-33-3)19-16-8-14(15-10-28-29(2)13-15)9-27-22(16)35-21(19)20(31)17-11-26-18(24)12-25-17/h8-13H,4-7H2,1-3H3. The number of amides is 1. The highest BCUT2D eigenvalue weighted by molar-refractivity contribution is 9.10. The number of ether oxygens (including phenoxy) is 2. The molecule has 0 spiro atoms. The number of rotatable bonds is 9. The first-order valence-corrected chi connectivity index (χ1v) is 11.6. The number of ketones is 1. The first kappa shape index (κ1) is 24.5. The van der Waals surface area contributed by atoms with Crippen LogP contribution in [0.3, 0.4) is 0 Å². The number of pyridine rings is 1. The van der Waals surface area contributed by atoms with Gasteiger partial charge in [-0.25, -0.2) is 19.7 Å². The van der Waals surface area contributed by atoms with E-state index in [2.05, 4.69) is 36.0 Å². The van der Waals surface area contributed by atoms with E-state index in [0.717, 1.165) is 11.1 Å². The molecule has 4 aromatic heterocycles. The molecule has 0 N–H and O–H groups in total. The van der Waals surface area contributed by atoms with Crippen LogP contribution in [-0.2, 0) is 16.5 Å². The first-order chi connectivity index (χ1) is 16.9. The van der Waals surface area contributed by atoms with Crippen LogP contribution < -0.4 is 4.90 Å². The van der Waals surface area contributed by atoms with Crippen LogP contribution >= 0.6 is 15.9 Å². The molecule has 12 heteroatoms. The largest absolute Gasteiger partial charge is 0.449 e. The summed E-state index contributed by atoms with van der Waals surface area (Å²) in [6.45, 7) is 2.51. The Bertz CT molecular complexity index is 1350. The Morgan fingerprint density at radius 1 is 1.14 bits per heavy atom. The third-order valence-electron chi connectivity index (χ3n) is 5.11. The van der Waals surface area contributed by atoms with E-state index in [1.165, 1.54) is 17.3 Å². The number of carbonyl (C=O) groups is 2. The smallest absolute Gasteiger partial charge is 0.414 e. The van der Waals surface area contributed by atoms with Crippen molar-refractivity contribution in [1.29, 1.82) is 0 Å². The summed E-state index contributed by atoms with van der Waals surface area (Å²) < 4.78 is 18.5. The minimum absolute atomic E-state index is 0.0571. The molecule has 11 nitrogen and oxygen atoms in total. The van der Waals surface area contributed by atoms with Crippen LogP contribution in [0.15, 0.2) is 46.1 Å². The molecule has 0 aliphatic carbocycles. The average molecular weight is 543 g/mol. The second-order valence-corrected chi connectivity index (χ2v) is 8.32. The molecule has 0 saturated heterocycles. The molecule has 0 radical (unpaired) electrons. The molecular weight excluding hydrogens is 520 g/mol. The molecule has 0 aromatic carbocycles. The van der Waals surface area contributed by atoms with E-state index >= 15 is 0 Å². The topological polar surface area (TPSA) is 125 Å². The summed E-state index contributed by atoms with van der Waals surface area (Å²) in [4.78, 5) is 40.5. The molecule has 0 aliphatic heterocycles. The van der Waals surface area contributed by atoms with Gasteiger partial charge >= 0.3 is 6.09 Å². The van der Waals surface area contributed by atoms with Gasteiger partial charge < -0.3 is 13.9 Å². The van der Waals surface area contributed by atoms with E-state index in [1.54, 1.807) is 31.1 Å². The average Bonchev–Trinajstić information content (AvgIpc) is 3.45. The van der Waals surface area contributed by atoms with Gasteiger partial charge in [0.15, 0.2) is 0 Å². The number of aryl methyl sites for hydroxylation is 1. The number of aromatic nitrogens is 5. The number of hydrogen-bond acceptors (Lipinski definition) is 9. The van der Waals surface area contributed by atoms with Crippen molar-refractivity contribution in [2.45, 2.75) is 13.3 Å². The number of hydrogen-bond donors (Lipinski definition) is 0. The minimum Gasteiger partial charge on any atom is -0.449 e. The highest BCUT2D eigenvalue weighted by atomic mass is 79.9. The molecular formula is C23H23BrN6O5. The van der Waals surface area contributed by atoms with Gasteiger partial charge in [-0.3, -0.25) is 14.4 Å². The van der Waals surface area contributed by atoms with Crippen molar-refractivity contribution in [2.75, 3.05) is 31.8 Å². The number of methoxy groups -OCH3 is 1. The molecule has 4 rings (SSSR count). The Morgan fingerprint density at radius 2 is 1.97 bits per heavy atom. The van der Waals surface area contributed by atoms with Crippen LogP contribution in [0.25, 0.3) is 22.2 Å². The molecule has 0 saturated carbocycles. The van der Waals surface area contributed by atoms with Crippen molar-refractivity contribution in [2.24, 2.45) is 7.05 Å². The van der Waals surface area contributed by atoms with Crippen molar-refractivity contribution in [3.05, 3.63) is 53.1 Å². The SMILES string of the molecule is CCOC(=O)N(CCCOC)c1c(C(=O)c2cnc(Br)cn2)oc2ncc(-c3cnn(C)c3)cc12. The fraction of sp³-hybridized carbons (Fsp3) is 0.304. The Balaban J connectivity index is 1.90. The fourth-order valence-corrected chi connectivity index (χ4v) is 3.73. The zero-order valence-electron chi connectivity index (χ0n) is 19.4. The maximum Gasteiger partial charge on any atom is 0.414 e. The molecule has 0 atom stereocenters. The second kappa shape index (κ2) is 10.7. The van der Waals surface area contributed by atoms with E-state index in [9.17, 15) is 9.59 Å². The zero-order chi connectivity index (χ0) is 24.9. The Labute approximate surface area is 209 Å². The van der Waals surface area contributed by atoms with Crippen LogP contribution in [0, 0.1) is 0 Å². The van der Waals surface area contributed by atoms with Gasteiger partial charge in [-0.2, -0.15) is 5.10 Å². The fourth-order valence-electron chi connectivity index (χ4n) is 3.53. The van der Waals surface area contributed by atoms with Gasteiger partial charge in [0, 0.05) is 50.8 Å². The molecule has 0 bridgehead atoms. The molecule has 0 fully saturated rings. The summed E-state index contributed by atoms with van der Waals surface area (Å²) in [5.41, 5.74) is 2.07. The molecule has 35 heavy (non-hydrogen) atoms. The third-order valence-corrected chi connectivity index (χ3v) is 5.52. The summed E-state index contributed by atoms with van der Waals surface area (Å²) >= 11 is 3.21. The van der Waals surface area contributed by atoms with E-state index in [4.69, 9.17) is 13.9 Å². The quantitative estimate of drug-likeness (QED) is 0.227. The molecule has 4 aromatic rings. The lowest BCUT2D eigenvalue weighted by molar-refractivity contribution is 0.101. The molecule has 1 amide bonds. The monoisotopic (exact) mass is 542 g/mol. The van der Waals surface area contributed by atoms with Crippen molar-refractivity contribution < 1.29 is 23.5 Å². The highest BCUT2D eigenvalue weighted by Gasteiger charge is 2.31. The van der Waals surface area contributed by atoms with Gasteiger partial charge in [0.25, 0.3) is 0 Å². The van der Waals surface area contributed by atoms with Gasteiger partial charge in [-0.15, -0.1) is 0 Å². The van der Waals surface area contributed by atoms with Crippen molar-refractivity contribution in [3.8, 4) is 11.1 Å². The maximum atomic E-state index is 13.5. The summed E-state index contributed by atoms with van der Waals surface area (Å²) in [6, 6.07) is 1.81. The predicted molar refractivity (Wildman–Crippen MR) is 130 cm³/mol. The van der Waals surface area contributed by atoms with Crippen molar-refractivity contribution >= 4 is 44.6 Å². The second-order valence-electron chi connectivity index (χ2n) is 7.51. The number of furan rings is 1.